The summed E-state index contributed by atoms with van der Waals surface area (Å²) >= 11 is 0. The number of aliphatic hydroxyl groups excluding tert-OH is 1. The summed E-state index contributed by atoms with van der Waals surface area (Å²) in [7, 11) is 0. The summed E-state index contributed by atoms with van der Waals surface area (Å²) in [6, 6.07) is 9.64. The molecule has 0 aromatic heterocycles. The molecule has 1 N–H and O–H groups in total. The Bertz CT molecular complexity index is 162. The third-order valence-electron chi connectivity index (χ3n) is 1.01. The molecule has 42 valence electrons. The van der Waals surface area contributed by atoms with Gasteiger partial charge in [0.05, 0.1) is 6.61 Å². The largest absolute Gasteiger partial charge is 0.392 e. The SMILES string of the molecule is [2H]OCc1ccccc1. The van der Waals surface area contributed by atoms with E-state index in [4.69, 9.17) is 1.43 Å². The van der Waals surface area contributed by atoms with Gasteiger partial charge in [0, 0.05) is 0 Å². The second-order valence-corrected chi connectivity index (χ2v) is 1.63. The van der Waals surface area contributed by atoms with Crippen LogP contribution in [-0.2, 0) is 6.61 Å². The van der Waals surface area contributed by atoms with Crippen LogP contribution < -0.4 is 0 Å². The molecule has 0 radical (unpaired) electrons. The van der Waals surface area contributed by atoms with Gasteiger partial charge in [-0.3, -0.25) is 0 Å². The van der Waals surface area contributed by atoms with Crippen LogP contribution in [0.15, 0.2) is 30.3 Å². The highest BCUT2D eigenvalue weighted by atomic mass is 16.3. The second kappa shape index (κ2) is 2.48. The summed E-state index contributed by atoms with van der Waals surface area (Å²) in [5, 5.41) is 4.18. The van der Waals surface area contributed by atoms with E-state index in [1.807, 2.05) is 30.3 Å². The molecule has 0 aliphatic rings. The average Bonchev–Trinajstić information content (AvgIpc) is 1.91. The van der Waals surface area contributed by atoms with E-state index in [9.17, 15) is 0 Å². The topological polar surface area (TPSA) is 20.2 Å². The Morgan fingerprint density at radius 2 is 2.12 bits per heavy atom. The van der Waals surface area contributed by atoms with E-state index < -0.39 is 0 Å². The molecule has 0 aliphatic carbocycles. The van der Waals surface area contributed by atoms with E-state index in [1.54, 1.807) is 0 Å². The molecule has 1 rings (SSSR count). The van der Waals surface area contributed by atoms with Gasteiger partial charge in [-0.15, -0.1) is 0 Å². The highest BCUT2D eigenvalue weighted by molar-refractivity contribution is 5.12. The van der Waals surface area contributed by atoms with Gasteiger partial charge < -0.3 is 5.11 Å². The van der Waals surface area contributed by atoms with Crippen molar-refractivity contribution in [3.63, 3.8) is 0 Å². The Morgan fingerprint density at radius 3 is 2.75 bits per heavy atom. The van der Waals surface area contributed by atoms with Gasteiger partial charge in [-0.05, 0) is 5.56 Å². The standard InChI is InChI=1S/C7H8O/c8-6-7-4-2-1-3-5-7/h1-5,8H,6H2/i8D. The molecule has 1 heteroatoms. The Balaban J connectivity index is 2.61. The van der Waals surface area contributed by atoms with Crippen molar-refractivity contribution >= 4 is 0 Å². The predicted molar refractivity (Wildman–Crippen MR) is 32.4 cm³/mol. The van der Waals surface area contributed by atoms with E-state index >= 15 is 0 Å². The third-order valence-corrected chi connectivity index (χ3v) is 1.01. The minimum atomic E-state index is 0.376. The fourth-order valence-electron chi connectivity index (χ4n) is 0.574. The lowest BCUT2D eigenvalue weighted by Gasteiger charge is -1.89. The summed E-state index contributed by atoms with van der Waals surface area (Å²) in [6.07, 6.45) is 0. The van der Waals surface area contributed by atoms with Crippen LogP contribution in [0, 0.1) is 0 Å². The van der Waals surface area contributed by atoms with Gasteiger partial charge in [0.25, 0.3) is 0 Å². The molecule has 0 unspecified atom stereocenters. The van der Waals surface area contributed by atoms with E-state index in [-0.39, 0.29) is 0 Å². The van der Waals surface area contributed by atoms with Crippen molar-refractivity contribution in [2.24, 2.45) is 0 Å². The second-order valence-electron chi connectivity index (χ2n) is 1.63. The number of rotatable bonds is 2. The molecule has 0 spiro atoms. The summed E-state index contributed by atoms with van der Waals surface area (Å²) < 4.78 is 6.44. The minimum Gasteiger partial charge on any atom is -0.392 e. The maximum Gasteiger partial charge on any atom is 0.211 e. The smallest absolute Gasteiger partial charge is 0.211 e. The highest BCUT2D eigenvalue weighted by Gasteiger charge is 1.81. The Hall–Kier alpha value is -0.820. The lowest BCUT2D eigenvalue weighted by molar-refractivity contribution is 0.282. The number of hydrogen-bond donors (Lipinski definition) is 1. The molecule has 0 aliphatic heterocycles. The van der Waals surface area contributed by atoms with E-state index in [0.717, 1.165) is 5.56 Å². The summed E-state index contributed by atoms with van der Waals surface area (Å²) in [5.41, 5.74) is 1.03. The Labute approximate surface area is 50.1 Å². The van der Waals surface area contributed by atoms with Crippen molar-refractivity contribution in [2.45, 2.75) is 6.61 Å². The van der Waals surface area contributed by atoms with E-state index in [0.29, 0.717) is 6.61 Å². The van der Waals surface area contributed by atoms with Crippen LogP contribution in [-0.4, -0.2) is 6.54 Å². The first-order valence-electron chi connectivity index (χ1n) is 2.96. The molecule has 0 amide bonds. The van der Waals surface area contributed by atoms with Gasteiger partial charge in [-0.25, -0.2) is 0 Å². The molecule has 0 atom stereocenters. The number of aliphatic hydroxyl groups is 1. The van der Waals surface area contributed by atoms with E-state index in [1.165, 1.54) is 0 Å². The Kier molecular flexibility index (Phi) is 1.27. The lowest BCUT2D eigenvalue weighted by Crippen LogP contribution is -1.77. The van der Waals surface area contributed by atoms with Crippen LogP contribution >= 0.6 is 0 Å². The molecule has 8 heavy (non-hydrogen) atoms. The molecule has 0 bridgehead atoms. The zero-order valence-electron chi connectivity index (χ0n) is 5.50. The van der Waals surface area contributed by atoms with Gasteiger partial charge in [-0.2, -0.15) is 0 Å². The molecule has 0 saturated heterocycles. The molecule has 1 aromatic rings. The van der Waals surface area contributed by atoms with Gasteiger partial charge in [0.2, 0.25) is 1.43 Å². The highest BCUT2D eigenvalue weighted by Crippen LogP contribution is 1.95. The first kappa shape index (κ1) is 4.10. The molecule has 0 heterocycles. The quantitative estimate of drug-likeness (QED) is 0.604. The molecular formula is C7H8O. The number of hydrogen-bond acceptors (Lipinski definition) is 1. The molecule has 1 nitrogen and oxygen atoms in total. The van der Waals surface area contributed by atoms with Crippen LogP contribution in [0.2, 0.25) is 0 Å². The summed E-state index contributed by atoms with van der Waals surface area (Å²) in [5.74, 6) is 0. The van der Waals surface area contributed by atoms with Crippen molar-refractivity contribution in [1.82, 2.24) is 0 Å². The van der Waals surface area contributed by atoms with Crippen molar-refractivity contribution in [1.29, 1.82) is 1.43 Å². The number of benzene rings is 1. The van der Waals surface area contributed by atoms with Gasteiger partial charge >= 0.3 is 0 Å². The summed E-state index contributed by atoms with van der Waals surface area (Å²) in [4.78, 5) is 0. The first-order chi connectivity index (χ1) is 4.43. The first-order valence-corrected chi connectivity index (χ1v) is 2.55. The van der Waals surface area contributed by atoms with Gasteiger partial charge in [0.1, 0.15) is 0 Å². The van der Waals surface area contributed by atoms with Crippen LogP contribution in [0.4, 0.5) is 0 Å². The summed E-state index contributed by atoms with van der Waals surface area (Å²) in [6.45, 7) is 0.376. The Morgan fingerprint density at radius 1 is 1.38 bits per heavy atom. The molecule has 1 aromatic carbocycles. The maximum atomic E-state index is 6.44. The van der Waals surface area contributed by atoms with Crippen LogP contribution in [0.3, 0.4) is 0 Å². The molecule has 0 fully saturated rings. The third kappa shape index (κ3) is 1.07. The van der Waals surface area contributed by atoms with Crippen molar-refractivity contribution in [2.75, 3.05) is 0 Å². The zero-order chi connectivity index (χ0) is 6.53. The van der Waals surface area contributed by atoms with Crippen LogP contribution in [0.25, 0.3) is 0 Å². The maximum absolute atomic E-state index is 6.44. The van der Waals surface area contributed by atoms with Crippen molar-refractivity contribution in [3.8, 4) is 0 Å². The fourth-order valence-corrected chi connectivity index (χ4v) is 0.574. The fraction of sp³-hybridized carbons (Fsp3) is 0.143. The predicted octanol–water partition coefficient (Wildman–Crippen LogP) is 1.18. The average molecular weight is 109 g/mol. The normalized spacial score (nSPS) is 10.8. The zero-order valence-corrected chi connectivity index (χ0v) is 4.50. The van der Waals surface area contributed by atoms with Gasteiger partial charge in [0.15, 0.2) is 0 Å². The molecular weight excluding hydrogens is 100 g/mol. The van der Waals surface area contributed by atoms with Crippen molar-refractivity contribution < 1.29 is 5.11 Å². The van der Waals surface area contributed by atoms with Crippen LogP contribution in [0.5, 0.6) is 0 Å². The minimum absolute atomic E-state index is 0.376. The molecule has 0 saturated carbocycles. The van der Waals surface area contributed by atoms with E-state index in [2.05, 4.69) is 5.11 Å². The van der Waals surface area contributed by atoms with Crippen LogP contribution in [0.1, 0.15) is 5.56 Å². The van der Waals surface area contributed by atoms with Gasteiger partial charge in [-0.1, -0.05) is 30.3 Å². The monoisotopic (exact) mass is 109 g/mol. The van der Waals surface area contributed by atoms with Crippen molar-refractivity contribution in [3.05, 3.63) is 35.9 Å². The lowest BCUT2D eigenvalue weighted by atomic mass is 10.2.